The van der Waals surface area contributed by atoms with E-state index in [9.17, 15) is 5.11 Å². The third kappa shape index (κ3) is 5.98. The number of benzene rings is 3. The standard InChI is InChI=1S/C31H33NO2.3ClH.Ti/c1-20-11-24(19-32-28-9-5-3-7-25(28)26-8-4-6-10-29(26)34-2)30(33)27(12-20)31-16-21-13-22(17-31)15-23(14-21)18-31;;;;/h3-12,19,21-23,33H,13-18H2,1-2H3;3*1H;/q;;;;+3/p-3. The van der Waals surface area contributed by atoms with Gasteiger partial charge in [-0.3, -0.25) is 4.99 Å². The van der Waals surface area contributed by atoms with E-state index in [-0.39, 0.29) is 5.41 Å². The molecule has 0 saturated heterocycles. The number of halogens is 3. The van der Waals surface area contributed by atoms with Crippen molar-refractivity contribution in [3.8, 4) is 22.6 Å². The van der Waals surface area contributed by atoms with Crippen molar-refractivity contribution < 1.29 is 24.5 Å². The fraction of sp³-hybridized carbons (Fsp3) is 0.387. The minimum absolute atomic E-state index is 0.156. The van der Waals surface area contributed by atoms with Gasteiger partial charge in [0.15, 0.2) is 0 Å². The Morgan fingerprint density at radius 1 is 0.895 bits per heavy atom. The molecule has 0 unspecified atom stereocenters. The summed E-state index contributed by atoms with van der Waals surface area (Å²) in [4.78, 5) is 4.88. The van der Waals surface area contributed by atoms with Gasteiger partial charge in [-0.2, -0.15) is 0 Å². The van der Waals surface area contributed by atoms with Gasteiger partial charge in [-0.05, 0) is 92.4 Å². The first-order chi connectivity index (χ1) is 18.3. The van der Waals surface area contributed by atoms with E-state index in [1.807, 2.05) is 42.6 Å². The second kappa shape index (κ2) is 11.9. The van der Waals surface area contributed by atoms with Crippen LogP contribution in [-0.4, -0.2) is 18.4 Å². The van der Waals surface area contributed by atoms with Crippen molar-refractivity contribution in [3.05, 3.63) is 77.4 Å². The number of methoxy groups -OCH3 is 1. The first-order valence-corrected chi connectivity index (χ1v) is 19.7. The predicted octanol–water partition coefficient (Wildman–Crippen LogP) is 9.66. The summed E-state index contributed by atoms with van der Waals surface area (Å²) in [5.74, 6) is 3.79. The zero-order valence-electron chi connectivity index (χ0n) is 21.8. The van der Waals surface area contributed by atoms with Crippen LogP contribution in [0.1, 0.15) is 55.2 Å². The molecule has 0 amide bonds. The maximum atomic E-state index is 11.5. The van der Waals surface area contributed by atoms with Crippen LogP contribution >= 0.6 is 27.9 Å². The number of ether oxygens (including phenoxy) is 1. The third-order valence-corrected chi connectivity index (χ3v) is 8.54. The van der Waals surface area contributed by atoms with E-state index in [4.69, 9.17) is 37.6 Å². The molecular formula is C31H33Cl3NO2Ti. The van der Waals surface area contributed by atoms with Gasteiger partial charge in [0.1, 0.15) is 11.5 Å². The molecule has 0 radical (unpaired) electrons. The summed E-state index contributed by atoms with van der Waals surface area (Å²) in [7, 11) is 16.6. The molecule has 7 rings (SSSR count). The summed E-state index contributed by atoms with van der Waals surface area (Å²) in [6.07, 6.45) is 9.77. The molecule has 38 heavy (non-hydrogen) atoms. The number of aromatic hydroxyl groups is 1. The van der Waals surface area contributed by atoms with Gasteiger partial charge in [-0.25, -0.2) is 0 Å². The number of rotatable bonds is 5. The number of phenols is 1. The van der Waals surface area contributed by atoms with E-state index >= 15 is 0 Å². The fourth-order valence-corrected chi connectivity index (χ4v) is 7.57. The van der Waals surface area contributed by atoms with Crippen LogP contribution in [0.5, 0.6) is 11.5 Å². The molecule has 3 nitrogen and oxygen atoms in total. The number of hydrogen-bond acceptors (Lipinski definition) is 3. The number of aliphatic imine (C=N–C) groups is 1. The van der Waals surface area contributed by atoms with Crippen LogP contribution in [-0.2, 0) is 20.1 Å². The predicted molar refractivity (Wildman–Crippen MR) is 156 cm³/mol. The van der Waals surface area contributed by atoms with Crippen molar-refractivity contribution >= 4 is 39.8 Å². The van der Waals surface area contributed by atoms with E-state index in [0.29, 0.717) is 5.75 Å². The Labute approximate surface area is 243 Å². The maximum absolute atomic E-state index is 11.5. The molecule has 7 heteroatoms. The molecule has 199 valence electrons. The first-order valence-electron chi connectivity index (χ1n) is 13.2. The van der Waals surface area contributed by atoms with Crippen LogP contribution in [0.4, 0.5) is 5.69 Å². The summed E-state index contributed by atoms with van der Waals surface area (Å²) in [5, 5.41) is 11.5. The normalized spacial score (nSPS) is 25.2. The van der Waals surface area contributed by atoms with E-state index < -0.39 is 14.7 Å². The quantitative estimate of drug-likeness (QED) is 0.232. The second-order valence-corrected chi connectivity index (χ2v) is 18.9. The number of aryl methyl sites for hydroxylation is 1. The molecule has 4 fully saturated rings. The Kier molecular flexibility index (Phi) is 8.82. The first kappa shape index (κ1) is 28.1. The molecule has 0 atom stereocenters. The molecule has 0 spiro atoms. The Bertz CT molecular complexity index is 1290. The van der Waals surface area contributed by atoms with Crippen molar-refractivity contribution in [1.82, 2.24) is 0 Å². The van der Waals surface area contributed by atoms with Crippen molar-refractivity contribution in [1.29, 1.82) is 0 Å². The van der Waals surface area contributed by atoms with Crippen LogP contribution in [0, 0.1) is 24.7 Å². The number of phenolic OH excluding ortho intramolecular Hbond substituents is 1. The van der Waals surface area contributed by atoms with E-state index in [1.165, 1.54) is 49.7 Å². The molecule has 0 heterocycles. The van der Waals surface area contributed by atoms with E-state index in [0.717, 1.165) is 45.9 Å². The third-order valence-electron chi connectivity index (χ3n) is 8.54. The molecule has 4 bridgehead atoms. The molecule has 1 N–H and O–H groups in total. The van der Waals surface area contributed by atoms with E-state index in [1.54, 1.807) is 7.11 Å². The number of para-hydroxylation sites is 2. The zero-order valence-corrected chi connectivity index (χ0v) is 25.6. The van der Waals surface area contributed by atoms with Gasteiger partial charge in [0.2, 0.25) is 0 Å². The summed E-state index contributed by atoms with van der Waals surface area (Å²) in [6.45, 7) is 2.14. The van der Waals surface area contributed by atoms with Crippen molar-refractivity contribution in [2.45, 2.75) is 50.9 Å². The van der Waals surface area contributed by atoms with Crippen LogP contribution in [0.2, 0.25) is 0 Å². The Morgan fingerprint density at radius 3 is 2.05 bits per heavy atom. The molecule has 0 aliphatic heterocycles. The Hall–Kier alpha value is -1.49. The Balaban J connectivity index is 0.000000689. The van der Waals surface area contributed by atoms with E-state index in [2.05, 4.69) is 31.2 Å². The van der Waals surface area contributed by atoms with Gasteiger partial charge in [-0.15, -0.1) is 0 Å². The van der Waals surface area contributed by atoms with Crippen LogP contribution in [0.15, 0.2) is 65.7 Å². The molecule has 3 aromatic carbocycles. The second-order valence-electron chi connectivity index (χ2n) is 11.1. The number of hydrogen-bond donors (Lipinski definition) is 1. The average molecular weight is 606 g/mol. The molecular weight excluding hydrogens is 573 g/mol. The molecule has 3 aromatic rings. The van der Waals surface area contributed by atoms with Gasteiger partial charge in [0.05, 0.1) is 12.8 Å². The summed E-state index contributed by atoms with van der Waals surface area (Å²) in [5.41, 5.74) is 6.24. The van der Waals surface area contributed by atoms with Crippen molar-refractivity contribution in [2.75, 3.05) is 7.11 Å². The Morgan fingerprint density at radius 2 is 1.45 bits per heavy atom. The fourth-order valence-electron chi connectivity index (χ4n) is 7.57. The zero-order chi connectivity index (χ0) is 26.9. The molecule has 0 aromatic heterocycles. The summed E-state index contributed by atoms with van der Waals surface area (Å²) >= 11 is -1.92. The van der Waals surface area contributed by atoms with Crippen LogP contribution in [0.3, 0.4) is 0 Å². The van der Waals surface area contributed by atoms with Gasteiger partial charge in [-0.1, -0.05) is 42.5 Å². The van der Waals surface area contributed by atoms with Gasteiger partial charge < -0.3 is 9.84 Å². The molecule has 4 aliphatic carbocycles. The topological polar surface area (TPSA) is 41.8 Å². The van der Waals surface area contributed by atoms with Crippen LogP contribution in [0.25, 0.3) is 11.1 Å². The van der Waals surface area contributed by atoms with Gasteiger partial charge in [0, 0.05) is 28.5 Å². The SMILES string of the molecule is COc1ccccc1-c1ccccc1N=Cc1cc(C)cc(C23CC4CC(CC(C4)C2)C3)c1O.[Cl][Ti]([Cl])[Cl]. The van der Waals surface area contributed by atoms with Crippen molar-refractivity contribution in [3.63, 3.8) is 0 Å². The van der Waals surface area contributed by atoms with Crippen molar-refractivity contribution in [2.24, 2.45) is 22.7 Å². The number of nitrogens with zero attached hydrogens (tertiary/aromatic N) is 1. The monoisotopic (exact) mass is 604 g/mol. The summed E-state index contributed by atoms with van der Waals surface area (Å²) < 4.78 is 5.59. The van der Waals surface area contributed by atoms with Crippen LogP contribution < -0.4 is 4.74 Å². The van der Waals surface area contributed by atoms with Gasteiger partial charge >= 0.3 is 42.6 Å². The summed E-state index contributed by atoms with van der Waals surface area (Å²) in [6, 6.07) is 20.5. The molecule has 4 saturated carbocycles. The average Bonchev–Trinajstić information content (AvgIpc) is 2.88. The van der Waals surface area contributed by atoms with Gasteiger partial charge in [0.25, 0.3) is 0 Å². The molecule has 4 aliphatic rings. The minimum atomic E-state index is -1.92.